The number of unbranched alkanes of at least 4 members (excludes halogenated alkanes) is 1. The highest BCUT2D eigenvalue weighted by atomic mass is 16.3. The van der Waals surface area contributed by atoms with Crippen LogP contribution in [0.5, 0.6) is 5.75 Å². The molecule has 1 amide bonds. The van der Waals surface area contributed by atoms with Gasteiger partial charge in [0.25, 0.3) is 5.91 Å². The van der Waals surface area contributed by atoms with E-state index in [9.17, 15) is 14.7 Å². The predicted octanol–water partition coefficient (Wildman–Crippen LogP) is 3.10. The molecule has 0 aliphatic rings. The van der Waals surface area contributed by atoms with Crippen molar-refractivity contribution < 1.29 is 14.7 Å². The quantitative estimate of drug-likeness (QED) is 0.232. The molecule has 5 N–H and O–H groups in total. The van der Waals surface area contributed by atoms with Gasteiger partial charge in [0.05, 0.1) is 5.71 Å². The van der Waals surface area contributed by atoms with E-state index in [4.69, 9.17) is 11.1 Å². The minimum absolute atomic E-state index is 0.186. The lowest BCUT2D eigenvalue weighted by atomic mass is 10.0. The highest BCUT2D eigenvalue weighted by molar-refractivity contribution is 6.11. The number of aryl methyl sites for hydroxylation is 1. The first-order valence-electron chi connectivity index (χ1n) is 10.7. The van der Waals surface area contributed by atoms with E-state index in [0.29, 0.717) is 35.4 Å². The van der Waals surface area contributed by atoms with Crippen molar-refractivity contribution in [2.75, 3.05) is 26.7 Å². The molecule has 0 aliphatic heterocycles. The summed E-state index contributed by atoms with van der Waals surface area (Å²) in [5.74, 6) is 0.00857. The normalized spacial score (nSPS) is 11.4. The van der Waals surface area contributed by atoms with E-state index in [1.54, 1.807) is 55.5 Å². The number of carbonyl (C=O) groups excluding carboxylic acids is 2. The number of hydrogen-bond donors (Lipinski definition) is 4. The Morgan fingerprint density at radius 3 is 2.56 bits per heavy atom. The largest absolute Gasteiger partial charge is 0.508 e. The smallest absolute Gasteiger partial charge is 0.251 e. The van der Waals surface area contributed by atoms with Gasteiger partial charge in [-0.25, -0.2) is 0 Å². The van der Waals surface area contributed by atoms with E-state index >= 15 is 0 Å². The Kier molecular flexibility index (Phi) is 9.63. The zero-order valence-electron chi connectivity index (χ0n) is 18.7. The third-order valence-corrected chi connectivity index (χ3v) is 5.13. The van der Waals surface area contributed by atoms with Gasteiger partial charge in [-0.05, 0) is 87.4 Å². The van der Waals surface area contributed by atoms with Crippen LogP contribution < -0.4 is 11.1 Å². The lowest BCUT2D eigenvalue weighted by Crippen LogP contribution is -2.28. The Labute approximate surface area is 189 Å². The van der Waals surface area contributed by atoms with Crippen molar-refractivity contribution in [1.29, 1.82) is 5.41 Å². The molecule has 2 rings (SSSR count). The molecule has 0 saturated heterocycles. The first-order chi connectivity index (χ1) is 15.3. The van der Waals surface area contributed by atoms with Gasteiger partial charge >= 0.3 is 0 Å². The van der Waals surface area contributed by atoms with Gasteiger partial charge in [0.2, 0.25) is 0 Å². The van der Waals surface area contributed by atoms with E-state index in [1.807, 2.05) is 7.05 Å². The fourth-order valence-corrected chi connectivity index (χ4v) is 3.19. The van der Waals surface area contributed by atoms with E-state index in [0.717, 1.165) is 37.8 Å². The average molecular weight is 437 g/mol. The van der Waals surface area contributed by atoms with Crippen LogP contribution in [0.25, 0.3) is 5.70 Å². The Morgan fingerprint density at radius 2 is 1.84 bits per heavy atom. The number of hydrogen-bond acceptors (Lipinski definition) is 6. The summed E-state index contributed by atoms with van der Waals surface area (Å²) in [6.07, 6.45) is 4.70. The van der Waals surface area contributed by atoms with Crippen molar-refractivity contribution in [2.45, 2.75) is 26.2 Å². The van der Waals surface area contributed by atoms with Crippen molar-refractivity contribution in [3.63, 3.8) is 0 Å². The first-order valence-corrected chi connectivity index (χ1v) is 10.7. The number of phenols is 1. The van der Waals surface area contributed by atoms with Crippen LogP contribution in [0.1, 0.15) is 46.3 Å². The Hall–Kier alpha value is -3.45. The fraction of sp³-hybridized carbons (Fsp3) is 0.320. The topological polar surface area (TPSA) is 120 Å². The third kappa shape index (κ3) is 7.67. The number of aldehydes is 1. The number of aromatic hydroxyl groups is 1. The molecule has 170 valence electrons. The number of phenolic OH excluding ortho intramolecular Hbond substituents is 1. The molecular weight excluding hydrogens is 404 g/mol. The Balaban J connectivity index is 1.92. The van der Waals surface area contributed by atoms with Gasteiger partial charge in [-0.15, -0.1) is 0 Å². The molecule has 0 fully saturated rings. The van der Waals surface area contributed by atoms with Crippen molar-refractivity contribution in [1.82, 2.24) is 10.2 Å². The summed E-state index contributed by atoms with van der Waals surface area (Å²) in [4.78, 5) is 25.0. The van der Waals surface area contributed by atoms with Crippen molar-refractivity contribution in [3.05, 3.63) is 70.8 Å². The van der Waals surface area contributed by atoms with Gasteiger partial charge in [0.1, 0.15) is 12.0 Å². The molecule has 2 aromatic carbocycles. The molecule has 0 bridgehead atoms. The molecule has 7 heteroatoms. The number of carbonyl (C=O) groups is 2. The van der Waals surface area contributed by atoms with Crippen LogP contribution in [0.2, 0.25) is 0 Å². The van der Waals surface area contributed by atoms with Crippen molar-refractivity contribution in [3.8, 4) is 5.75 Å². The second kappa shape index (κ2) is 12.4. The molecule has 0 spiro atoms. The summed E-state index contributed by atoms with van der Waals surface area (Å²) in [6.45, 7) is 4.03. The minimum atomic E-state index is -0.186. The summed E-state index contributed by atoms with van der Waals surface area (Å²) in [5.41, 5.74) is 9.23. The molecule has 0 heterocycles. The maximum atomic E-state index is 12.5. The van der Waals surface area contributed by atoms with Gasteiger partial charge in [0.15, 0.2) is 0 Å². The van der Waals surface area contributed by atoms with Crippen LogP contribution in [0, 0.1) is 12.3 Å². The standard InChI is InChI=1S/C25H32N4O3/c1-18-15-20(9-10-24(18)31)23(27)17-22(26)19-7-5-8-21(16-19)25(32)28-11-6-13-29(2)12-3-4-14-30/h5,7-10,14-17,26,31H,3-4,6,11-13,27H2,1-2H3,(H,28,32)/b23-17-,26-22?. The monoisotopic (exact) mass is 436 g/mol. The number of nitrogens with two attached hydrogens (primary N) is 1. The fourth-order valence-electron chi connectivity index (χ4n) is 3.19. The second-order valence-corrected chi connectivity index (χ2v) is 7.82. The Morgan fingerprint density at radius 1 is 1.12 bits per heavy atom. The van der Waals surface area contributed by atoms with Crippen LogP contribution >= 0.6 is 0 Å². The number of rotatable bonds is 12. The zero-order chi connectivity index (χ0) is 23.5. The van der Waals surface area contributed by atoms with Crippen LogP contribution in [0.15, 0.2) is 48.5 Å². The highest BCUT2D eigenvalue weighted by Gasteiger charge is 2.09. The summed E-state index contributed by atoms with van der Waals surface area (Å²) in [6, 6.07) is 11.9. The van der Waals surface area contributed by atoms with Gasteiger partial charge < -0.3 is 31.3 Å². The molecular formula is C25H32N4O3. The summed E-state index contributed by atoms with van der Waals surface area (Å²) >= 11 is 0. The number of benzene rings is 2. The van der Waals surface area contributed by atoms with Gasteiger partial charge in [-0.1, -0.05) is 12.1 Å². The molecule has 0 radical (unpaired) electrons. The van der Waals surface area contributed by atoms with E-state index < -0.39 is 0 Å². The summed E-state index contributed by atoms with van der Waals surface area (Å²) in [7, 11) is 2.00. The second-order valence-electron chi connectivity index (χ2n) is 7.82. The maximum absolute atomic E-state index is 12.5. The van der Waals surface area contributed by atoms with E-state index in [-0.39, 0.29) is 17.4 Å². The molecule has 0 unspecified atom stereocenters. The van der Waals surface area contributed by atoms with Crippen molar-refractivity contribution >= 4 is 23.6 Å². The van der Waals surface area contributed by atoms with Crippen LogP contribution in [-0.2, 0) is 4.79 Å². The summed E-state index contributed by atoms with van der Waals surface area (Å²) in [5, 5.41) is 20.9. The zero-order valence-corrected chi connectivity index (χ0v) is 18.7. The molecule has 2 aromatic rings. The number of nitrogens with one attached hydrogen (secondary N) is 2. The Bertz CT molecular complexity index is 985. The molecule has 0 aliphatic carbocycles. The highest BCUT2D eigenvalue weighted by Crippen LogP contribution is 2.20. The molecule has 32 heavy (non-hydrogen) atoms. The lowest BCUT2D eigenvalue weighted by molar-refractivity contribution is -0.108. The van der Waals surface area contributed by atoms with Gasteiger partial charge in [-0.2, -0.15) is 0 Å². The van der Waals surface area contributed by atoms with Gasteiger partial charge in [0, 0.05) is 29.8 Å². The van der Waals surface area contributed by atoms with E-state index in [1.165, 1.54) is 0 Å². The van der Waals surface area contributed by atoms with Gasteiger partial charge in [-0.3, -0.25) is 4.79 Å². The summed E-state index contributed by atoms with van der Waals surface area (Å²) < 4.78 is 0. The molecule has 0 atom stereocenters. The van der Waals surface area contributed by atoms with Crippen molar-refractivity contribution in [2.24, 2.45) is 5.73 Å². The third-order valence-electron chi connectivity index (χ3n) is 5.13. The molecule has 7 nitrogen and oxygen atoms in total. The lowest BCUT2D eigenvalue weighted by Gasteiger charge is -2.15. The SMILES string of the molecule is Cc1cc(/C(N)=C/C(=N)c2cccc(C(=O)NCCCN(C)CCCC=O)c2)ccc1O. The maximum Gasteiger partial charge on any atom is 0.251 e. The molecule has 0 aromatic heterocycles. The molecule has 0 saturated carbocycles. The first kappa shape index (κ1) is 24.8. The van der Waals surface area contributed by atoms with Crippen LogP contribution in [0.4, 0.5) is 0 Å². The average Bonchev–Trinajstić information content (AvgIpc) is 2.78. The van der Waals surface area contributed by atoms with Crippen LogP contribution in [0.3, 0.4) is 0 Å². The predicted molar refractivity (Wildman–Crippen MR) is 128 cm³/mol. The van der Waals surface area contributed by atoms with E-state index in [2.05, 4.69) is 10.2 Å². The number of amides is 1. The number of allylic oxidation sites excluding steroid dienone is 1. The number of nitrogens with zero attached hydrogens (tertiary/aromatic N) is 1. The van der Waals surface area contributed by atoms with Crippen LogP contribution in [-0.4, -0.2) is 54.6 Å². The minimum Gasteiger partial charge on any atom is -0.508 e.